The summed E-state index contributed by atoms with van der Waals surface area (Å²) in [6.07, 6.45) is 0. The number of carbonyl (C=O) groups is 1. The van der Waals surface area contributed by atoms with Crippen LogP contribution in [0.15, 0.2) is 47.4 Å². The lowest BCUT2D eigenvalue weighted by molar-refractivity contribution is 0.102. The van der Waals surface area contributed by atoms with Crippen molar-refractivity contribution in [2.24, 2.45) is 0 Å². The van der Waals surface area contributed by atoms with Gasteiger partial charge >= 0.3 is 5.76 Å². The lowest BCUT2D eigenvalue weighted by atomic mass is 10.2. The Hall–Kier alpha value is -1.70. The van der Waals surface area contributed by atoms with E-state index in [1.165, 1.54) is 30.3 Å². The second kappa shape index (κ2) is 6.82. The minimum atomic E-state index is -4.67. The summed E-state index contributed by atoms with van der Waals surface area (Å²) in [5.74, 6) is -4.03. The molecule has 23 heavy (non-hydrogen) atoms. The van der Waals surface area contributed by atoms with Crippen LogP contribution in [0.2, 0.25) is 10.0 Å². The summed E-state index contributed by atoms with van der Waals surface area (Å²) < 4.78 is 47.4. The SMILES string of the molecule is O=C(Nc1ccc(S(=O)(=O)C(F)F)cc1)c1cc(Cl)cc(Cl)c1. The van der Waals surface area contributed by atoms with Crippen molar-refractivity contribution in [2.75, 3.05) is 5.32 Å². The molecular formula is C14H9Cl2F2NO3S. The summed E-state index contributed by atoms with van der Waals surface area (Å²) in [6, 6.07) is 8.66. The van der Waals surface area contributed by atoms with Crippen molar-refractivity contribution in [3.05, 3.63) is 58.1 Å². The molecule has 2 rings (SSSR count). The summed E-state index contributed by atoms with van der Waals surface area (Å²) in [7, 11) is -4.67. The summed E-state index contributed by atoms with van der Waals surface area (Å²) in [5, 5.41) is 3.04. The Balaban J connectivity index is 2.19. The van der Waals surface area contributed by atoms with Crippen LogP contribution in [0.1, 0.15) is 10.4 Å². The van der Waals surface area contributed by atoms with Gasteiger partial charge in [-0.05, 0) is 42.5 Å². The number of nitrogens with one attached hydrogen (secondary N) is 1. The van der Waals surface area contributed by atoms with E-state index in [9.17, 15) is 22.0 Å². The molecule has 0 saturated heterocycles. The second-order valence-corrected chi connectivity index (χ2v) is 7.23. The van der Waals surface area contributed by atoms with Crippen LogP contribution in [-0.4, -0.2) is 20.1 Å². The number of carbonyl (C=O) groups excluding carboxylic acids is 1. The van der Waals surface area contributed by atoms with Crippen molar-refractivity contribution in [1.29, 1.82) is 0 Å². The summed E-state index contributed by atoms with van der Waals surface area (Å²) in [6.45, 7) is 0. The standard InChI is InChI=1S/C14H9Cl2F2NO3S/c15-9-5-8(6-10(16)7-9)13(20)19-11-1-3-12(4-2-11)23(21,22)14(17)18/h1-7,14H,(H,19,20). The molecule has 122 valence electrons. The largest absolute Gasteiger partial charge is 0.341 e. The molecule has 0 heterocycles. The minimum absolute atomic E-state index is 0.201. The van der Waals surface area contributed by atoms with Crippen LogP contribution in [0.3, 0.4) is 0 Å². The van der Waals surface area contributed by atoms with Gasteiger partial charge in [0.15, 0.2) is 0 Å². The van der Waals surface area contributed by atoms with Crippen molar-refractivity contribution >= 4 is 44.6 Å². The van der Waals surface area contributed by atoms with E-state index in [0.29, 0.717) is 0 Å². The highest BCUT2D eigenvalue weighted by Crippen LogP contribution is 2.22. The minimum Gasteiger partial charge on any atom is -0.322 e. The van der Waals surface area contributed by atoms with Crippen molar-refractivity contribution in [3.63, 3.8) is 0 Å². The Labute approximate surface area is 140 Å². The Bertz CT molecular complexity index is 819. The molecular weight excluding hydrogens is 371 g/mol. The Morgan fingerprint density at radius 2 is 1.52 bits per heavy atom. The van der Waals surface area contributed by atoms with Gasteiger partial charge in [-0.3, -0.25) is 4.79 Å². The number of sulfone groups is 1. The maximum absolute atomic E-state index is 12.4. The molecule has 0 radical (unpaired) electrons. The molecule has 9 heteroatoms. The number of hydrogen-bond acceptors (Lipinski definition) is 3. The molecule has 0 aliphatic heterocycles. The molecule has 0 fully saturated rings. The van der Waals surface area contributed by atoms with Gasteiger partial charge in [-0.25, -0.2) is 8.42 Å². The fourth-order valence-electron chi connectivity index (χ4n) is 1.72. The maximum Gasteiger partial charge on any atom is 0.341 e. The summed E-state index contributed by atoms with van der Waals surface area (Å²) in [5.41, 5.74) is 0.436. The Morgan fingerprint density at radius 3 is 2.00 bits per heavy atom. The molecule has 0 spiro atoms. The van der Waals surface area contributed by atoms with Crippen LogP contribution in [0, 0.1) is 0 Å². The van der Waals surface area contributed by atoms with Crippen molar-refractivity contribution in [3.8, 4) is 0 Å². The lowest BCUT2D eigenvalue weighted by Crippen LogP contribution is -2.13. The van der Waals surface area contributed by atoms with Gasteiger partial charge in [0.2, 0.25) is 9.84 Å². The fourth-order valence-corrected chi connectivity index (χ4v) is 2.97. The predicted octanol–water partition coefficient (Wildman–Crippen LogP) is 4.24. The van der Waals surface area contributed by atoms with Crippen molar-refractivity contribution in [2.45, 2.75) is 10.7 Å². The highest BCUT2D eigenvalue weighted by atomic mass is 35.5. The van der Waals surface area contributed by atoms with Crippen LogP contribution in [-0.2, 0) is 9.84 Å². The second-order valence-electron chi connectivity index (χ2n) is 4.44. The Morgan fingerprint density at radius 1 is 1.00 bits per heavy atom. The Kier molecular flexibility index (Phi) is 5.23. The highest BCUT2D eigenvalue weighted by Gasteiger charge is 2.26. The number of anilines is 1. The van der Waals surface area contributed by atoms with Crippen LogP contribution < -0.4 is 5.32 Å². The summed E-state index contributed by atoms with van der Waals surface area (Å²) in [4.78, 5) is 11.5. The normalized spacial score (nSPS) is 11.5. The summed E-state index contributed by atoms with van der Waals surface area (Å²) >= 11 is 11.6. The van der Waals surface area contributed by atoms with Gasteiger partial charge in [0.25, 0.3) is 5.91 Å². The molecule has 0 aromatic heterocycles. The molecule has 1 N–H and O–H groups in total. The van der Waals surface area contributed by atoms with E-state index in [-0.39, 0.29) is 21.3 Å². The van der Waals surface area contributed by atoms with E-state index in [1.807, 2.05) is 0 Å². The first-order valence-electron chi connectivity index (χ1n) is 6.10. The van der Waals surface area contributed by atoms with E-state index in [1.54, 1.807) is 0 Å². The topological polar surface area (TPSA) is 63.2 Å². The molecule has 0 bridgehead atoms. The molecule has 2 aromatic rings. The fraction of sp³-hybridized carbons (Fsp3) is 0.0714. The van der Waals surface area contributed by atoms with E-state index in [4.69, 9.17) is 23.2 Å². The molecule has 4 nitrogen and oxygen atoms in total. The zero-order valence-electron chi connectivity index (χ0n) is 11.3. The van der Waals surface area contributed by atoms with Crippen LogP contribution in [0.25, 0.3) is 0 Å². The molecule has 0 aliphatic rings. The molecule has 0 aliphatic carbocycles. The number of rotatable bonds is 4. The quantitative estimate of drug-likeness (QED) is 0.863. The number of amides is 1. The van der Waals surface area contributed by atoms with Crippen LogP contribution >= 0.6 is 23.2 Å². The van der Waals surface area contributed by atoms with Crippen LogP contribution in [0.5, 0.6) is 0 Å². The van der Waals surface area contributed by atoms with E-state index in [0.717, 1.165) is 12.1 Å². The van der Waals surface area contributed by atoms with Gasteiger partial charge in [0.1, 0.15) is 0 Å². The molecule has 0 unspecified atom stereocenters. The smallest absolute Gasteiger partial charge is 0.322 e. The van der Waals surface area contributed by atoms with Gasteiger partial charge in [0, 0.05) is 21.3 Å². The van der Waals surface area contributed by atoms with Gasteiger partial charge in [-0.15, -0.1) is 0 Å². The number of alkyl halides is 2. The van der Waals surface area contributed by atoms with Crippen molar-refractivity contribution in [1.82, 2.24) is 0 Å². The van der Waals surface area contributed by atoms with E-state index < -0.39 is 26.4 Å². The molecule has 0 atom stereocenters. The average molecular weight is 380 g/mol. The molecule has 0 saturated carbocycles. The van der Waals surface area contributed by atoms with Crippen LogP contribution in [0.4, 0.5) is 14.5 Å². The van der Waals surface area contributed by atoms with Gasteiger partial charge in [0.05, 0.1) is 4.90 Å². The van der Waals surface area contributed by atoms with Crippen molar-refractivity contribution < 1.29 is 22.0 Å². The zero-order chi connectivity index (χ0) is 17.2. The van der Waals surface area contributed by atoms with Gasteiger partial charge < -0.3 is 5.32 Å². The molecule has 1 amide bonds. The first-order valence-corrected chi connectivity index (χ1v) is 8.40. The third-order valence-electron chi connectivity index (χ3n) is 2.80. The van der Waals surface area contributed by atoms with Gasteiger partial charge in [-0.2, -0.15) is 8.78 Å². The first kappa shape index (κ1) is 17.7. The maximum atomic E-state index is 12.4. The zero-order valence-corrected chi connectivity index (χ0v) is 13.6. The average Bonchev–Trinajstić information content (AvgIpc) is 2.46. The third kappa shape index (κ3) is 4.19. The lowest BCUT2D eigenvalue weighted by Gasteiger charge is -2.08. The number of benzene rings is 2. The molecule has 2 aromatic carbocycles. The third-order valence-corrected chi connectivity index (χ3v) is 4.63. The highest BCUT2D eigenvalue weighted by molar-refractivity contribution is 7.91. The van der Waals surface area contributed by atoms with E-state index in [2.05, 4.69) is 5.32 Å². The first-order chi connectivity index (χ1) is 10.7. The number of halogens is 4. The van der Waals surface area contributed by atoms with E-state index >= 15 is 0 Å². The monoisotopic (exact) mass is 379 g/mol. The predicted molar refractivity (Wildman–Crippen MR) is 84.0 cm³/mol. The number of hydrogen-bond donors (Lipinski definition) is 1. The van der Waals surface area contributed by atoms with Gasteiger partial charge in [-0.1, -0.05) is 23.2 Å².